The van der Waals surface area contributed by atoms with Crippen molar-refractivity contribution in [3.05, 3.63) is 42.5 Å². The monoisotopic (exact) mass is 324 g/mol. The molecule has 1 aromatic carbocycles. The van der Waals surface area contributed by atoms with Gasteiger partial charge in [-0.15, -0.1) is 6.58 Å². The summed E-state index contributed by atoms with van der Waals surface area (Å²) in [5.41, 5.74) is 0.949. The average Bonchev–Trinajstić information content (AvgIpc) is 2.73. The van der Waals surface area contributed by atoms with Crippen LogP contribution in [0.1, 0.15) is 12.5 Å². The molecule has 0 aromatic heterocycles. The maximum absolute atomic E-state index is 12.7. The Morgan fingerprint density at radius 2 is 2.00 bits per heavy atom. The van der Waals surface area contributed by atoms with Gasteiger partial charge in [0, 0.05) is 0 Å². The predicted molar refractivity (Wildman–Crippen MR) is 84.8 cm³/mol. The lowest BCUT2D eigenvalue weighted by molar-refractivity contribution is -0.122. The van der Waals surface area contributed by atoms with Crippen molar-refractivity contribution >= 4 is 32.9 Å². The number of rotatable bonds is 4. The number of aliphatic imine (C=N–C) groups is 1. The average molecular weight is 324 g/mol. The molecule has 1 aromatic rings. The quantitative estimate of drug-likeness (QED) is 0.796. The Morgan fingerprint density at radius 3 is 2.57 bits per heavy atom. The standard InChI is InChI=1S/C14H16N2O3S2/c1-4-9-15-14-16(13(17)11(3)20-14)21(18,19)12-7-5-10(2)6-8-12/h4-8,11H,1,9H2,2-3H3/t11-/m1/s1. The molecule has 2 rings (SSSR count). The number of carbonyl (C=O) groups is 1. The van der Waals surface area contributed by atoms with Crippen LogP contribution in [0.4, 0.5) is 0 Å². The van der Waals surface area contributed by atoms with E-state index in [1.807, 2.05) is 6.92 Å². The first-order valence-electron chi connectivity index (χ1n) is 6.35. The maximum atomic E-state index is 12.7. The Hall–Kier alpha value is -1.60. The molecule has 0 aliphatic carbocycles. The number of thioether (sulfide) groups is 1. The molecule has 1 amide bonds. The minimum absolute atomic E-state index is 0.0856. The number of aryl methyl sites for hydroxylation is 1. The lowest BCUT2D eigenvalue weighted by Gasteiger charge is -2.16. The third-order valence-corrected chi connectivity index (χ3v) is 5.81. The van der Waals surface area contributed by atoms with E-state index >= 15 is 0 Å². The van der Waals surface area contributed by atoms with Crippen LogP contribution in [0.3, 0.4) is 0 Å². The smallest absolute Gasteiger partial charge is 0.272 e. The van der Waals surface area contributed by atoms with Crippen LogP contribution in [-0.2, 0) is 14.8 Å². The highest BCUT2D eigenvalue weighted by atomic mass is 32.2. The topological polar surface area (TPSA) is 66.8 Å². The molecule has 1 heterocycles. The van der Waals surface area contributed by atoms with E-state index in [1.54, 1.807) is 25.1 Å². The van der Waals surface area contributed by atoms with Gasteiger partial charge in [-0.1, -0.05) is 35.5 Å². The van der Waals surface area contributed by atoms with Crippen molar-refractivity contribution in [2.45, 2.75) is 24.0 Å². The lowest BCUT2D eigenvalue weighted by atomic mass is 10.2. The maximum Gasteiger partial charge on any atom is 0.272 e. The fourth-order valence-electron chi connectivity index (χ4n) is 1.80. The molecule has 0 bridgehead atoms. The number of benzene rings is 1. The van der Waals surface area contributed by atoms with E-state index in [-0.39, 0.29) is 16.6 Å². The summed E-state index contributed by atoms with van der Waals surface area (Å²) in [7, 11) is -3.92. The van der Waals surface area contributed by atoms with Gasteiger partial charge in [-0.25, -0.2) is 8.42 Å². The van der Waals surface area contributed by atoms with E-state index < -0.39 is 21.2 Å². The van der Waals surface area contributed by atoms with Crippen LogP contribution in [-0.4, -0.2) is 35.6 Å². The van der Waals surface area contributed by atoms with Gasteiger partial charge in [0.2, 0.25) is 0 Å². The highest BCUT2D eigenvalue weighted by molar-refractivity contribution is 8.17. The summed E-state index contributed by atoms with van der Waals surface area (Å²) in [4.78, 5) is 16.4. The molecule has 7 heteroatoms. The van der Waals surface area contributed by atoms with Crippen LogP contribution in [0.25, 0.3) is 0 Å². The van der Waals surface area contributed by atoms with Crippen molar-refractivity contribution in [3.63, 3.8) is 0 Å². The Bertz CT molecular complexity index is 693. The van der Waals surface area contributed by atoms with Gasteiger partial charge >= 0.3 is 0 Å². The molecule has 0 spiro atoms. The van der Waals surface area contributed by atoms with Crippen LogP contribution >= 0.6 is 11.8 Å². The molecule has 1 aliphatic heterocycles. The van der Waals surface area contributed by atoms with Gasteiger partial charge in [-0.05, 0) is 26.0 Å². The Balaban J connectivity index is 2.47. The van der Waals surface area contributed by atoms with E-state index in [2.05, 4.69) is 11.6 Å². The molecule has 0 unspecified atom stereocenters. The molecule has 1 saturated heterocycles. The van der Waals surface area contributed by atoms with Gasteiger partial charge in [0.15, 0.2) is 5.17 Å². The summed E-state index contributed by atoms with van der Waals surface area (Å²) in [6.07, 6.45) is 1.55. The summed E-state index contributed by atoms with van der Waals surface area (Å²) < 4.78 is 26.1. The largest absolute Gasteiger partial charge is 0.272 e. The number of carbonyl (C=O) groups excluding carboxylic acids is 1. The highest BCUT2D eigenvalue weighted by Crippen LogP contribution is 2.32. The second kappa shape index (κ2) is 6.03. The fraction of sp³-hybridized carbons (Fsp3) is 0.286. The zero-order chi connectivity index (χ0) is 15.6. The first-order chi connectivity index (χ1) is 9.87. The molecule has 112 valence electrons. The van der Waals surface area contributed by atoms with Gasteiger partial charge in [-0.2, -0.15) is 4.31 Å². The Kier molecular flexibility index (Phi) is 4.53. The molecule has 1 aliphatic rings. The summed E-state index contributed by atoms with van der Waals surface area (Å²) in [5, 5.41) is -0.262. The first kappa shape index (κ1) is 15.8. The van der Waals surface area contributed by atoms with Crippen LogP contribution < -0.4 is 0 Å². The van der Waals surface area contributed by atoms with E-state index in [4.69, 9.17) is 0 Å². The Morgan fingerprint density at radius 1 is 1.38 bits per heavy atom. The Labute approximate surface area is 128 Å². The summed E-state index contributed by atoms with van der Waals surface area (Å²) in [6.45, 7) is 7.35. The van der Waals surface area contributed by atoms with E-state index in [0.717, 1.165) is 21.6 Å². The molecular formula is C14H16N2O3S2. The number of nitrogens with zero attached hydrogens (tertiary/aromatic N) is 2. The van der Waals surface area contributed by atoms with Crippen molar-refractivity contribution in [1.82, 2.24) is 4.31 Å². The van der Waals surface area contributed by atoms with Gasteiger partial charge in [0.05, 0.1) is 16.7 Å². The van der Waals surface area contributed by atoms with Crippen molar-refractivity contribution < 1.29 is 13.2 Å². The molecule has 1 fully saturated rings. The zero-order valence-corrected chi connectivity index (χ0v) is 13.4. The first-order valence-corrected chi connectivity index (χ1v) is 8.67. The highest BCUT2D eigenvalue weighted by Gasteiger charge is 2.43. The molecule has 0 N–H and O–H groups in total. The second-order valence-electron chi connectivity index (χ2n) is 4.59. The summed E-state index contributed by atoms with van der Waals surface area (Å²) in [6, 6.07) is 6.39. The van der Waals surface area contributed by atoms with E-state index in [1.165, 1.54) is 12.1 Å². The van der Waals surface area contributed by atoms with Gasteiger partial charge < -0.3 is 0 Å². The number of hydrogen-bond acceptors (Lipinski definition) is 5. The summed E-state index contributed by atoms with van der Waals surface area (Å²) >= 11 is 1.15. The summed E-state index contributed by atoms with van der Waals surface area (Å²) in [5.74, 6) is -0.469. The number of sulfonamides is 1. The van der Waals surface area contributed by atoms with E-state index in [0.29, 0.717) is 0 Å². The van der Waals surface area contributed by atoms with Crippen molar-refractivity contribution in [2.24, 2.45) is 4.99 Å². The fourth-order valence-corrected chi connectivity index (χ4v) is 4.49. The van der Waals surface area contributed by atoms with Crippen molar-refractivity contribution in [2.75, 3.05) is 6.54 Å². The lowest BCUT2D eigenvalue weighted by Crippen LogP contribution is -2.37. The van der Waals surface area contributed by atoms with Gasteiger partial charge in [-0.3, -0.25) is 9.79 Å². The SMILES string of the molecule is C=CCN=C1S[C@H](C)C(=O)N1S(=O)(=O)c1ccc(C)cc1. The molecular weight excluding hydrogens is 308 g/mol. The molecule has 1 atom stereocenters. The van der Waals surface area contributed by atoms with Crippen LogP contribution in [0.5, 0.6) is 0 Å². The van der Waals surface area contributed by atoms with Crippen LogP contribution in [0, 0.1) is 6.92 Å². The normalized spacial score (nSPS) is 21.0. The van der Waals surface area contributed by atoms with Gasteiger partial charge in [0.25, 0.3) is 15.9 Å². The van der Waals surface area contributed by atoms with Crippen LogP contribution in [0.2, 0.25) is 0 Å². The zero-order valence-electron chi connectivity index (χ0n) is 11.8. The molecule has 0 radical (unpaired) electrons. The minimum Gasteiger partial charge on any atom is -0.272 e. The number of hydrogen-bond donors (Lipinski definition) is 0. The van der Waals surface area contributed by atoms with Crippen molar-refractivity contribution in [1.29, 1.82) is 0 Å². The molecule has 21 heavy (non-hydrogen) atoms. The molecule has 5 nitrogen and oxygen atoms in total. The van der Waals surface area contributed by atoms with E-state index in [9.17, 15) is 13.2 Å². The molecule has 0 saturated carbocycles. The number of amides is 1. The minimum atomic E-state index is -3.92. The third-order valence-electron chi connectivity index (χ3n) is 2.92. The third kappa shape index (κ3) is 3.03. The number of amidine groups is 1. The second-order valence-corrected chi connectivity index (χ2v) is 7.69. The van der Waals surface area contributed by atoms with Crippen LogP contribution in [0.15, 0.2) is 46.8 Å². The van der Waals surface area contributed by atoms with Crippen molar-refractivity contribution in [3.8, 4) is 0 Å². The predicted octanol–water partition coefficient (Wildman–Crippen LogP) is 2.19. The van der Waals surface area contributed by atoms with Gasteiger partial charge in [0.1, 0.15) is 0 Å².